The third kappa shape index (κ3) is 4.60. The Morgan fingerprint density at radius 2 is 1.77 bits per heavy atom. The predicted molar refractivity (Wildman–Crippen MR) is 119 cm³/mol. The van der Waals surface area contributed by atoms with Crippen LogP contribution in [-0.2, 0) is 14.3 Å². The summed E-state index contributed by atoms with van der Waals surface area (Å²) in [4.78, 5) is 27.3. The fourth-order valence-electron chi connectivity index (χ4n) is 3.59. The minimum Gasteiger partial charge on any atom is -0.507 e. The summed E-state index contributed by atoms with van der Waals surface area (Å²) in [5.41, 5.74) is 1.15. The predicted octanol–water partition coefficient (Wildman–Crippen LogP) is 3.92. The van der Waals surface area contributed by atoms with E-state index in [1.807, 2.05) is 0 Å². The number of rotatable bonds is 8. The summed E-state index contributed by atoms with van der Waals surface area (Å²) in [5, 5.41) is 11.1. The van der Waals surface area contributed by atoms with Gasteiger partial charge >= 0.3 is 0 Å². The number of ketones is 1. The van der Waals surface area contributed by atoms with E-state index in [0.29, 0.717) is 46.7 Å². The van der Waals surface area contributed by atoms with E-state index in [9.17, 15) is 14.7 Å². The SMILES string of the molecule is COCCCN1C(=O)C(=O)/C(=C(\O)c2ccc(OC)c(Br)c2)C1c1ccc(OC)cc1. The van der Waals surface area contributed by atoms with Gasteiger partial charge in [0.05, 0.1) is 30.3 Å². The molecule has 8 heteroatoms. The molecule has 1 amide bonds. The van der Waals surface area contributed by atoms with Crippen LogP contribution < -0.4 is 9.47 Å². The third-order valence-electron chi connectivity index (χ3n) is 5.14. The number of benzene rings is 2. The minimum atomic E-state index is -0.720. The van der Waals surface area contributed by atoms with Crippen LogP contribution in [0.3, 0.4) is 0 Å². The smallest absolute Gasteiger partial charge is 0.295 e. The van der Waals surface area contributed by atoms with Crippen molar-refractivity contribution in [1.29, 1.82) is 0 Å². The first kappa shape index (κ1) is 22.8. The van der Waals surface area contributed by atoms with Crippen molar-refractivity contribution in [3.8, 4) is 11.5 Å². The molecule has 1 heterocycles. The van der Waals surface area contributed by atoms with Gasteiger partial charge in [-0.2, -0.15) is 0 Å². The molecule has 1 N–H and O–H groups in total. The van der Waals surface area contributed by atoms with Gasteiger partial charge in [-0.15, -0.1) is 0 Å². The van der Waals surface area contributed by atoms with Crippen LogP contribution in [0.15, 0.2) is 52.5 Å². The molecule has 1 aliphatic heterocycles. The van der Waals surface area contributed by atoms with Crippen molar-refractivity contribution in [2.75, 3.05) is 34.5 Å². The molecule has 7 nitrogen and oxygen atoms in total. The Hall–Kier alpha value is -2.84. The molecule has 2 aromatic rings. The second-order valence-corrected chi connectivity index (χ2v) is 7.82. The van der Waals surface area contributed by atoms with Crippen molar-refractivity contribution < 1.29 is 28.9 Å². The highest BCUT2D eigenvalue weighted by Crippen LogP contribution is 2.40. The zero-order valence-corrected chi connectivity index (χ0v) is 19.1. The molecule has 3 rings (SSSR count). The maximum Gasteiger partial charge on any atom is 0.295 e. The highest BCUT2D eigenvalue weighted by atomic mass is 79.9. The zero-order valence-electron chi connectivity index (χ0n) is 17.6. The van der Waals surface area contributed by atoms with Gasteiger partial charge in [0.25, 0.3) is 11.7 Å². The molecule has 1 unspecified atom stereocenters. The van der Waals surface area contributed by atoms with E-state index in [0.717, 1.165) is 0 Å². The largest absolute Gasteiger partial charge is 0.507 e. The van der Waals surface area contributed by atoms with E-state index in [1.54, 1.807) is 56.7 Å². The van der Waals surface area contributed by atoms with E-state index in [2.05, 4.69) is 15.9 Å². The van der Waals surface area contributed by atoms with E-state index in [4.69, 9.17) is 14.2 Å². The summed E-state index contributed by atoms with van der Waals surface area (Å²) in [6, 6.07) is 11.3. The Kier molecular flexibility index (Phi) is 7.35. The maximum atomic E-state index is 13.0. The van der Waals surface area contributed by atoms with Gasteiger partial charge in [0.15, 0.2) is 0 Å². The lowest BCUT2D eigenvalue weighted by atomic mass is 9.95. The van der Waals surface area contributed by atoms with Gasteiger partial charge < -0.3 is 24.2 Å². The number of ether oxygens (including phenoxy) is 3. The van der Waals surface area contributed by atoms with Crippen LogP contribution in [-0.4, -0.2) is 56.2 Å². The molecule has 0 radical (unpaired) electrons. The molecule has 1 saturated heterocycles. The summed E-state index contributed by atoms with van der Waals surface area (Å²) >= 11 is 3.39. The van der Waals surface area contributed by atoms with Crippen LogP contribution in [0.25, 0.3) is 5.76 Å². The summed E-state index contributed by atoms with van der Waals surface area (Å²) in [7, 11) is 4.68. The molecule has 0 bridgehead atoms. The highest BCUT2D eigenvalue weighted by Gasteiger charge is 2.45. The van der Waals surface area contributed by atoms with Gasteiger partial charge in [0.2, 0.25) is 0 Å². The fourth-order valence-corrected chi connectivity index (χ4v) is 4.13. The number of carbonyl (C=O) groups is 2. The topological polar surface area (TPSA) is 85.3 Å². The Labute approximate surface area is 189 Å². The second-order valence-electron chi connectivity index (χ2n) is 6.96. The number of Topliss-reactive ketones (excluding diaryl/α,β-unsaturated/α-hetero) is 1. The summed E-state index contributed by atoms with van der Waals surface area (Å²) in [6.45, 7) is 0.766. The third-order valence-corrected chi connectivity index (χ3v) is 5.76. The van der Waals surface area contributed by atoms with Gasteiger partial charge in [-0.1, -0.05) is 12.1 Å². The number of likely N-dealkylation sites (tertiary alicyclic amines) is 1. The molecule has 1 fully saturated rings. The van der Waals surface area contributed by atoms with E-state index < -0.39 is 17.7 Å². The number of halogens is 1. The monoisotopic (exact) mass is 489 g/mol. The summed E-state index contributed by atoms with van der Waals surface area (Å²) in [6.07, 6.45) is 0.560. The molecule has 0 aromatic heterocycles. The number of nitrogens with zero attached hydrogens (tertiary/aromatic N) is 1. The van der Waals surface area contributed by atoms with E-state index >= 15 is 0 Å². The van der Waals surface area contributed by atoms with Gasteiger partial charge in [0.1, 0.15) is 17.3 Å². The number of hydrogen-bond acceptors (Lipinski definition) is 6. The van der Waals surface area contributed by atoms with Crippen molar-refractivity contribution >= 4 is 33.4 Å². The molecular weight excluding hydrogens is 466 g/mol. The molecule has 0 aliphatic carbocycles. The van der Waals surface area contributed by atoms with Crippen LogP contribution in [0.5, 0.6) is 11.5 Å². The molecule has 0 saturated carbocycles. The first-order valence-corrected chi connectivity index (χ1v) is 10.5. The maximum absolute atomic E-state index is 13.0. The van der Waals surface area contributed by atoms with Crippen LogP contribution in [0.2, 0.25) is 0 Å². The number of carbonyl (C=O) groups excluding carboxylic acids is 2. The normalized spacial score (nSPS) is 17.8. The Morgan fingerprint density at radius 3 is 2.35 bits per heavy atom. The van der Waals surface area contributed by atoms with Crippen LogP contribution in [0.4, 0.5) is 0 Å². The molecule has 1 aliphatic rings. The van der Waals surface area contributed by atoms with Crippen molar-refractivity contribution in [3.63, 3.8) is 0 Å². The quantitative estimate of drug-likeness (QED) is 0.261. The molecule has 1 atom stereocenters. The fraction of sp³-hybridized carbons (Fsp3) is 0.304. The standard InChI is InChI=1S/C23H24BrNO6/c1-29-12-4-11-25-20(14-5-8-16(30-2)9-6-14)19(22(27)23(25)28)21(26)15-7-10-18(31-3)17(24)13-15/h5-10,13,20,26H,4,11-12H2,1-3H3/b21-19-. The summed E-state index contributed by atoms with van der Waals surface area (Å²) in [5.74, 6) is -0.368. The van der Waals surface area contributed by atoms with Crippen molar-refractivity contribution in [3.05, 3.63) is 63.6 Å². The lowest BCUT2D eigenvalue weighted by Gasteiger charge is -2.25. The van der Waals surface area contributed by atoms with Crippen molar-refractivity contribution in [1.82, 2.24) is 4.90 Å². The zero-order chi connectivity index (χ0) is 22.5. The number of hydrogen-bond donors (Lipinski definition) is 1. The van der Waals surface area contributed by atoms with Crippen LogP contribution in [0, 0.1) is 0 Å². The number of amides is 1. The number of aliphatic hydroxyl groups is 1. The number of aliphatic hydroxyl groups excluding tert-OH is 1. The molecule has 31 heavy (non-hydrogen) atoms. The first-order chi connectivity index (χ1) is 14.9. The molecule has 2 aromatic carbocycles. The van der Waals surface area contributed by atoms with Gasteiger partial charge in [-0.25, -0.2) is 0 Å². The van der Waals surface area contributed by atoms with Crippen LogP contribution in [0.1, 0.15) is 23.6 Å². The summed E-state index contributed by atoms with van der Waals surface area (Å²) < 4.78 is 16.2. The van der Waals surface area contributed by atoms with E-state index in [-0.39, 0.29) is 11.3 Å². The Balaban J connectivity index is 2.11. The second kappa shape index (κ2) is 9.98. The van der Waals surface area contributed by atoms with Crippen molar-refractivity contribution in [2.45, 2.75) is 12.5 Å². The lowest BCUT2D eigenvalue weighted by Crippen LogP contribution is -2.31. The minimum absolute atomic E-state index is 0.0460. The van der Waals surface area contributed by atoms with Gasteiger partial charge in [-0.3, -0.25) is 9.59 Å². The molecular formula is C23H24BrNO6. The Morgan fingerprint density at radius 1 is 1.06 bits per heavy atom. The molecule has 0 spiro atoms. The van der Waals surface area contributed by atoms with Crippen LogP contribution >= 0.6 is 15.9 Å². The Bertz CT molecular complexity index is 1000. The van der Waals surface area contributed by atoms with Gasteiger partial charge in [-0.05, 0) is 58.2 Å². The lowest BCUT2D eigenvalue weighted by molar-refractivity contribution is -0.140. The van der Waals surface area contributed by atoms with Crippen molar-refractivity contribution in [2.24, 2.45) is 0 Å². The molecule has 164 valence electrons. The van der Waals surface area contributed by atoms with E-state index in [1.165, 1.54) is 12.0 Å². The highest BCUT2D eigenvalue weighted by molar-refractivity contribution is 9.10. The first-order valence-electron chi connectivity index (χ1n) is 9.68. The number of methoxy groups -OCH3 is 3. The average molecular weight is 490 g/mol. The average Bonchev–Trinajstić information content (AvgIpc) is 3.03. The van der Waals surface area contributed by atoms with Gasteiger partial charge in [0, 0.05) is 25.8 Å².